The molecule has 3 rings (SSSR count). The molecule has 0 saturated heterocycles. The second kappa shape index (κ2) is 10.6. The third-order valence-electron chi connectivity index (χ3n) is 5.93. The number of nitrogens with one attached hydrogen (secondary N) is 2. The Kier molecular flexibility index (Phi) is 8.06. The molecule has 186 valence electrons. The predicted octanol–water partition coefficient (Wildman–Crippen LogP) is 5.41. The van der Waals surface area contributed by atoms with E-state index in [1.165, 1.54) is 0 Å². The van der Waals surface area contributed by atoms with Crippen molar-refractivity contribution in [1.29, 1.82) is 0 Å². The largest absolute Gasteiger partial charge is 0.343 e. The zero-order valence-electron chi connectivity index (χ0n) is 21.4. The summed E-state index contributed by atoms with van der Waals surface area (Å²) in [6.45, 7) is 11.8. The van der Waals surface area contributed by atoms with Crippen molar-refractivity contribution in [1.82, 2.24) is 15.1 Å². The fourth-order valence-electron chi connectivity index (χ4n) is 3.51. The second-order valence-electron chi connectivity index (χ2n) is 10.6. The van der Waals surface area contributed by atoms with Crippen molar-refractivity contribution in [3.63, 3.8) is 0 Å². The molecule has 6 nitrogen and oxygen atoms in total. The summed E-state index contributed by atoms with van der Waals surface area (Å²) in [5, 5.41) is 10.8. The maximum absolute atomic E-state index is 13.6. The number of aromatic nitrogens is 2. The molecule has 1 unspecified atom stereocenters. The minimum absolute atomic E-state index is 0.146. The van der Waals surface area contributed by atoms with E-state index in [2.05, 4.69) is 31.4 Å². The molecule has 0 aliphatic carbocycles. The molecular weight excluding hydrogens is 460 g/mol. The number of rotatable bonds is 8. The Morgan fingerprint density at radius 2 is 1.63 bits per heavy atom. The molecule has 0 spiro atoms. The minimum Gasteiger partial charge on any atom is -0.343 e. The summed E-state index contributed by atoms with van der Waals surface area (Å²) in [5.74, 6) is 0.111. The first-order valence-electron chi connectivity index (χ1n) is 11.8. The normalized spacial score (nSPS) is 12.8. The molecule has 3 aromatic rings. The van der Waals surface area contributed by atoms with Crippen LogP contribution in [-0.2, 0) is 21.4 Å². The summed E-state index contributed by atoms with van der Waals surface area (Å²) in [6, 6.07) is 18.6. The number of hydrogen-bond acceptors (Lipinski definition) is 3. The van der Waals surface area contributed by atoms with Crippen LogP contribution in [0.25, 0.3) is 5.69 Å². The van der Waals surface area contributed by atoms with Gasteiger partial charge in [0.1, 0.15) is 11.9 Å². The van der Waals surface area contributed by atoms with Crippen LogP contribution in [0, 0.1) is 12.3 Å². The summed E-state index contributed by atoms with van der Waals surface area (Å²) >= 11 is 6.02. The van der Waals surface area contributed by atoms with Crippen molar-refractivity contribution in [3.05, 3.63) is 77.5 Å². The van der Waals surface area contributed by atoms with Gasteiger partial charge in [0.25, 0.3) is 0 Å². The van der Waals surface area contributed by atoms with Gasteiger partial charge in [0.15, 0.2) is 0 Å². The topological polar surface area (TPSA) is 76.0 Å². The Morgan fingerprint density at radius 3 is 2.23 bits per heavy atom. The van der Waals surface area contributed by atoms with Crippen LogP contribution < -0.4 is 10.6 Å². The number of carbonyl (C=O) groups excluding carboxylic acids is 2. The van der Waals surface area contributed by atoms with E-state index in [-0.39, 0.29) is 23.1 Å². The van der Waals surface area contributed by atoms with Crippen molar-refractivity contribution >= 4 is 29.2 Å². The van der Waals surface area contributed by atoms with Crippen LogP contribution in [-0.4, -0.2) is 33.5 Å². The third kappa shape index (κ3) is 6.51. The van der Waals surface area contributed by atoms with E-state index in [9.17, 15) is 9.59 Å². The first-order valence-corrected chi connectivity index (χ1v) is 12.3. The van der Waals surface area contributed by atoms with E-state index in [4.69, 9.17) is 16.7 Å². The highest BCUT2D eigenvalue weighted by Gasteiger charge is 2.32. The molecule has 2 N–H and O–H groups in total. The molecule has 0 saturated carbocycles. The molecule has 0 radical (unpaired) electrons. The molecule has 0 fully saturated rings. The van der Waals surface area contributed by atoms with Crippen LogP contribution in [0.4, 0.5) is 5.82 Å². The maximum atomic E-state index is 13.6. The summed E-state index contributed by atoms with van der Waals surface area (Å²) in [7, 11) is 0. The van der Waals surface area contributed by atoms with Gasteiger partial charge in [-0.05, 0) is 38.0 Å². The average molecular weight is 495 g/mol. The van der Waals surface area contributed by atoms with E-state index in [0.29, 0.717) is 12.2 Å². The Morgan fingerprint density at radius 1 is 1.00 bits per heavy atom. The maximum Gasteiger partial charge on any atom is 0.248 e. The fraction of sp³-hybridized carbons (Fsp3) is 0.393. The number of benzene rings is 2. The van der Waals surface area contributed by atoms with Gasteiger partial charge in [-0.15, -0.1) is 11.6 Å². The van der Waals surface area contributed by atoms with Gasteiger partial charge < -0.3 is 10.6 Å². The Labute approximate surface area is 213 Å². The van der Waals surface area contributed by atoms with Gasteiger partial charge >= 0.3 is 0 Å². The van der Waals surface area contributed by atoms with Gasteiger partial charge in [0, 0.05) is 23.8 Å². The molecular formula is C28H35ClN4O2. The summed E-state index contributed by atoms with van der Waals surface area (Å²) in [6.07, 6.45) is 0.349. The van der Waals surface area contributed by atoms with Crippen molar-refractivity contribution in [2.45, 2.75) is 59.4 Å². The highest BCUT2D eigenvalue weighted by Crippen LogP contribution is 2.28. The number of alkyl halides is 1. The SMILES string of the molecule is Cc1ccccc1-n1nc(C(C)(C)C)cc1NC(=O)C(Cc1ccccc1)NC(=O)C(C)(C)CCl. The van der Waals surface area contributed by atoms with Crippen LogP contribution in [0.5, 0.6) is 0 Å². The standard InChI is InChI=1S/C28H35ClN4O2/c1-19-12-10-11-15-22(19)33-24(17-23(32-33)27(2,3)4)31-25(34)21(16-20-13-8-7-9-14-20)30-26(35)28(5,6)18-29/h7-15,17,21H,16,18H2,1-6H3,(H,30,35)(H,31,34). The summed E-state index contributed by atoms with van der Waals surface area (Å²) in [5.41, 5.74) is 2.69. The van der Waals surface area contributed by atoms with E-state index in [0.717, 1.165) is 22.5 Å². The molecule has 2 aromatic carbocycles. The van der Waals surface area contributed by atoms with Gasteiger partial charge in [-0.25, -0.2) is 4.68 Å². The minimum atomic E-state index is -0.806. The third-order valence-corrected chi connectivity index (χ3v) is 6.59. The van der Waals surface area contributed by atoms with Gasteiger partial charge in [0.05, 0.1) is 16.8 Å². The van der Waals surface area contributed by atoms with Crippen LogP contribution in [0.15, 0.2) is 60.7 Å². The van der Waals surface area contributed by atoms with Gasteiger partial charge in [-0.1, -0.05) is 69.3 Å². The van der Waals surface area contributed by atoms with E-state index in [1.807, 2.05) is 67.6 Å². The first-order chi connectivity index (χ1) is 16.4. The molecule has 1 atom stereocenters. The molecule has 1 heterocycles. The van der Waals surface area contributed by atoms with Crippen molar-refractivity contribution in [2.75, 3.05) is 11.2 Å². The molecule has 0 bridgehead atoms. The number of amides is 2. The first kappa shape index (κ1) is 26.5. The predicted molar refractivity (Wildman–Crippen MR) is 142 cm³/mol. The highest BCUT2D eigenvalue weighted by atomic mass is 35.5. The Bertz CT molecular complexity index is 1180. The molecule has 2 amide bonds. The Balaban J connectivity index is 1.97. The quantitative estimate of drug-likeness (QED) is 0.411. The van der Waals surface area contributed by atoms with Gasteiger partial charge in [0.2, 0.25) is 11.8 Å². The van der Waals surface area contributed by atoms with Crippen LogP contribution >= 0.6 is 11.6 Å². The van der Waals surface area contributed by atoms with Crippen molar-refractivity contribution in [2.24, 2.45) is 5.41 Å². The van der Waals surface area contributed by atoms with Crippen molar-refractivity contribution in [3.8, 4) is 5.69 Å². The van der Waals surface area contributed by atoms with E-state index < -0.39 is 11.5 Å². The number of hydrogen-bond donors (Lipinski definition) is 2. The fourth-order valence-corrected chi connectivity index (χ4v) is 3.63. The van der Waals surface area contributed by atoms with Gasteiger partial charge in [-0.3, -0.25) is 9.59 Å². The molecule has 1 aromatic heterocycles. The van der Waals surface area contributed by atoms with E-state index in [1.54, 1.807) is 18.5 Å². The number of nitrogens with zero attached hydrogens (tertiary/aromatic N) is 2. The number of anilines is 1. The summed E-state index contributed by atoms with van der Waals surface area (Å²) in [4.78, 5) is 26.5. The zero-order chi connectivity index (χ0) is 25.8. The van der Waals surface area contributed by atoms with Gasteiger partial charge in [-0.2, -0.15) is 5.10 Å². The van der Waals surface area contributed by atoms with Crippen LogP contribution in [0.1, 0.15) is 51.4 Å². The molecule has 7 heteroatoms. The smallest absolute Gasteiger partial charge is 0.248 e. The lowest BCUT2D eigenvalue weighted by Gasteiger charge is -2.25. The zero-order valence-corrected chi connectivity index (χ0v) is 22.1. The number of halogens is 1. The number of aryl methyl sites for hydroxylation is 1. The lowest BCUT2D eigenvalue weighted by atomic mass is 9.92. The van der Waals surface area contributed by atoms with Crippen LogP contribution in [0.2, 0.25) is 0 Å². The molecule has 35 heavy (non-hydrogen) atoms. The average Bonchev–Trinajstić information content (AvgIpc) is 3.23. The monoisotopic (exact) mass is 494 g/mol. The lowest BCUT2D eigenvalue weighted by molar-refractivity contribution is -0.131. The number of carbonyl (C=O) groups is 2. The second-order valence-corrected chi connectivity index (χ2v) is 10.9. The molecule has 0 aliphatic heterocycles. The summed E-state index contributed by atoms with van der Waals surface area (Å²) < 4.78 is 1.76. The van der Waals surface area contributed by atoms with Crippen LogP contribution in [0.3, 0.4) is 0 Å². The highest BCUT2D eigenvalue weighted by molar-refractivity contribution is 6.20. The van der Waals surface area contributed by atoms with Crippen molar-refractivity contribution < 1.29 is 9.59 Å². The molecule has 0 aliphatic rings. The Hall–Kier alpha value is -3.12. The number of para-hydroxylation sites is 1. The van der Waals surface area contributed by atoms with E-state index >= 15 is 0 Å². The lowest BCUT2D eigenvalue weighted by Crippen LogP contribution is -2.50.